The van der Waals surface area contributed by atoms with Gasteiger partial charge in [-0.1, -0.05) is 6.92 Å². The first-order chi connectivity index (χ1) is 8.23. The van der Waals surface area contributed by atoms with Crippen molar-refractivity contribution in [2.24, 2.45) is 11.7 Å². The van der Waals surface area contributed by atoms with Gasteiger partial charge in [-0.2, -0.15) is 0 Å². The average molecular weight is 237 g/mol. The molecule has 0 bridgehead atoms. The quantitative estimate of drug-likeness (QED) is 0.785. The van der Waals surface area contributed by atoms with Gasteiger partial charge in [0.15, 0.2) is 0 Å². The monoisotopic (exact) mass is 237 g/mol. The van der Waals surface area contributed by atoms with Crippen LogP contribution in [0.3, 0.4) is 0 Å². The SMILES string of the molecule is CC1CC(CN)(N2CCCN3CCCC3C2)C1. The summed E-state index contributed by atoms with van der Waals surface area (Å²) >= 11 is 0. The van der Waals surface area contributed by atoms with Crippen LogP contribution in [0, 0.1) is 5.92 Å². The smallest absolute Gasteiger partial charge is 0.0337 e. The van der Waals surface area contributed by atoms with E-state index in [9.17, 15) is 0 Å². The van der Waals surface area contributed by atoms with Crippen LogP contribution < -0.4 is 5.73 Å². The molecule has 0 radical (unpaired) electrons. The van der Waals surface area contributed by atoms with E-state index in [4.69, 9.17) is 5.73 Å². The summed E-state index contributed by atoms with van der Waals surface area (Å²) in [5.74, 6) is 0.890. The first-order valence-electron chi connectivity index (χ1n) is 7.43. The summed E-state index contributed by atoms with van der Waals surface area (Å²) in [6.07, 6.45) is 6.82. The third kappa shape index (κ3) is 2.02. The maximum absolute atomic E-state index is 6.09. The van der Waals surface area contributed by atoms with Gasteiger partial charge in [0.2, 0.25) is 0 Å². The molecule has 1 unspecified atom stereocenters. The van der Waals surface area contributed by atoms with Crippen LogP contribution in [0.5, 0.6) is 0 Å². The Labute approximate surface area is 105 Å². The van der Waals surface area contributed by atoms with Crippen LogP contribution in [-0.2, 0) is 0 Å². The zero-order chi connectivity index (χ0) is 11.9. The van der Waals surface area contributed by atoms with E-state index in [1.54, 1.807) is 0 Å². The Hall–Kier alpha value is -0.120. The molecule has 2 heterocycles. The van der Waals surface area contributed by atoms with Gasteiger partial charge in [-0.05, 0) is 51.1 Å². The highest BCUT2D eigenvalue weighted by Gasteiger charge is 2.47. The summed E-state index contributed by atoms with van der Waals surface area (Å²) in [6.45, 7) is 8.44. The molecule has 0 aromatic carbocycles. The van der Waals surface area contributed by atoms with Crippen LogP contribution in [0.15, 0.2) is 0 Å². The van der Waals surface area contributed by atoms with E-state index >= 15 is 0 Å². The largest absolute Gasteiger partial charge is 0.329 e. The maximum atomic E-state index is 6.09. The molecule has 3 heteroatoms. The second-order valence-corrected chi connectivity index (χ2v) is 6.57. The van der Waals surface area contributed by atoms with E-state index in [-0.39, 0.29) is 0 Å². The number of rotatable bonds is 2. The van der Waals surface area contributed by atoms with Crippen LogP contribution in [0.4, 0.5) is 0 Å². The third-order valence-electron chi connectivity index (χ3n) is 5.31. The summed E-state index contributed by atoms with van der Waals surface area (Å²) in [5, 5.41) is 0. The van der Waals surface area contributed by atoms with E-state index in [2.05, 4.69) is 16.7 Å². The molecule has 2 aliphatic heterocycles. The summed E-state index contributed by atoms with van der Waals surface area (Å²) < 4.78 is 0. The highest BCUT2D eigenvalue weighted by Crippen LogP contribution is 2.42. The minimum absolute atomic E-state index is 0.373. The van der Waals surface area contributed by atoms with Gasteiger partial charge in [-0.15, -0.1) is 0 Å². The molecule has 0 aromatic rings. The zero-order valence-electron chi connectivity index (χ0n) is 11.2. The lowest BCUT2D eigenvalue weighted by molar-refractivity contribution is -0.0159. The number of nitrogens with zero attached hydrogens (tertiary/aromatic N) is 2. The number of hydrogen-bond acceptors (Lipinski definition) is 3. The van der Waals surface area contributed by atoms with Gasteiger partial charge < -0.3 is 5.73 Å². The standard InChI is InChI=1S/C14H27N3/c1-12-8-14(9-12,11-15)17-7-3-6-16-5-2-4-13(16)10-17/h12-13H,2-11,15H2,1H3. The van der Waals surface area contributed by atoms with E-state index in [0.29, 0.717) is 5.54 Å². The van der Waals surface area contributed by atoms with Crippen LogP contribution in [0.2, 0.25) is 0 Å². The lowest BCUT2D eigenvalue weighted by Gasteiger charge is -2.53. The van der Waals surface area contributed by atoms with Crippen LogP contribution in [-0.4, -0.2) is 54.1 Å². The van der Waals surface area contributed by atoms with Gasteiger partial charge in [0.25, 0.3) is 0 Å². The molecule has 1 aliphatic carbocycles. The molecular weight excluding hydrogens is 210 g/mol. The molecule has 2 saturated heterocycles. The molecule has 3 aliphatic rings. The Kier molecular flexibility index (Phi) is 3.18. The predicted molar refractivity (Wildman–Crippen MR) is 71.0 cm³/mol. The summed E-state index contributed by atoms with van der Waals surface area (Å²) in [7, 11) is 0. The van der Waals surface area contributed by atoms with Crippen molar-refractivity contribution in [3.05, 3.63) is 0 Å². The first kappa shape index (κ1) is 11.9. The zero-order valence-corrected chi connectivity index (χ0v) is 11.2. The molecule has 3 fully saturated rings. The second kappa shape index (κ2) is 4.52. The van der Waals surface area contributed by atoms with Crippen molar-refractivity contribution in [2.45, 2.75) is 50.6 Å². The number of nitrogens with two attached hydrogens (primary N) is 1. The fourth-order valence-electron chi connectivity index (χ4n) is 4.43. The fraction of sp³-hybridized carbons (Fsp3) is 1.00. The molecule has 2 N–H and O–H groups in total. The Balaban J connectivity index is 1.70. The Morgan fingerprint density at radius 1 is 1.18 bits per heavy atom. The van der Waals surface area contributed by atoms with Gasteiger partial charge >= 0.3 is 0 Å². The molecule has 17 heavy (non-hydrogen) atoms. The van der Waals surface area contributed by atoms with Crippen molar-refractivity contribution in [3.63, 3.8) is 0 Å². The molecule has 0 aromatic heterocycles. The molecule has 0 spiro atoms. The van der Waals surface area contributed by atoms with Crippen molar-refractivity contribution in [1.29, 1.82) is 0 Å². The molecule has 0 amide bonds. The van der Waals surface area contributed by atoms with Gasteiger partial charge in [0.1, 0.15) is 0 Å². The molecule has 3 rings (SSSR count). The van der Waals surface area contributed by atoms with E-state index in [1.165, 1.54) is 58.3 Å². The van der Waals surface area contributed by atoms with Gasteiger partial charge in [-0.25, -0.2) is 0 Å². The average Bonchev–Trinajstić information content (AvgIpc) is 2.62. The van der Waals surface area contributed by atoms with Gasteiger partial charge in [0.05, 0.1) is 0 Å². The van der Waals surface area contributed by atoms with Crippen molar-refractivity contribution in [2.75, 3.05) is 32.7 Å². The second-order valence-electron chi connectivity index (χ2n) is 6.57. The number of hydrogen-bond donors (Lipinski definition) is 1. The van der Waals surface area contributed by atoms with Crippen molar-refractivity contribution < 1.29 is 0 Å². The lowest BCUT2D eigenvalue weighted by atomic mass is 9.68. The highest BCUT2D eigenvalue weighted by molar-refractivity contribution is 5.04. The summed E-state index contributed by atoms with van der Waals surface area (Å²) in [6, 6.07) is 0.830. The third-order valence-corrected chi connectivity index (χ3v) is 5.31. The van der Waals surface area contributed by atoms with Crippen LogP contribution >= 0.6 is 0 Å². The molecule has 1 atom stereocenters. The van der Waals surface area contributed by atoms with Crippen molar-refractivity contribution in [3.8, 4) is 0 Å². The fourth-order valence-corrected chi connectivity index (χ4v) is 4.43. The summed E-state index contributed by atoms with van der Waals surface area (Å²) in [5.41, 5.74) is 6.47. The lowest BCUT2D eigenvalue weighted by Crippen LogP contribution is -2.62. The first-order valence-corrected chi connectivity index (χ1v) is 7.43. The van der Waals surface area contributed by atoms with Gasteiger partial charge in [0, 0.05) is 31.2 Å². The normalized spacial score (nSPS) is 44.1. The Morgan fingerprint density at radius 3 is 2.65 bits per heavy atom. The van der Waals surface area contributed by atoms with Crippen LogP contribution in [0.25, 0.3) is 0 Å². The minimum atomic E-state index is 0.373. The van der Waals surface area contributed by atoms with E-state index in [1.807, 2.05) is 0 Å². The number of fused-ring (bicyclic) bond motifs is 1. The predicted octanol–water partition coefficient (Wildman–Crippen LogP) is 1.28. The maximum Gasteiger partial charge on any atom is 0.0337 e. The van der Waals surface area contributed by atoms with Crippen molar-refractivity contribution >= 4 is 0 Å². The Morgan fingerprint density at radius 2 is 1.94 bits per heavy atom. The summed E-state index contributed by atoms with van der Waals surface area (Å²) in [4.78, 5) is 5.47. The van der Waals surface area contributed by atoms with Crippen LogP contribution in [0.1, 0.15) is 39.0 Å². The molecule has 1 saturated carbocycles. The van der Waals surface area contributed by atoms with E-state index in [0.717, 1.165) is 18.5 Å². The molecular formula is C14H27N3. The Bertz CT molecular complexity index is 273. The molecule has 98 valence electrons. The van der Waals surface area contributed by atoms with E-state index < -0.39 is 0 Å². The van der Waals surface area contributed by atoms with Gasteiger partial charge in [-0.3, -0.25) is 9.80 Å². The topological polar surface area (TPSA) is 32.5 Å². The van der Waals surface area contributed by atoms with Crippen molar-refractivity contribution in [1.82, 2.24) is 9.80 Å². The minimum Gasteiger partial charge on any atom is -0.329 e. The molecule has 3 nitrogen and oxygen atoms in total. The highest BCUT2D eigenvalue weighted by atomic mass is 15.3.